The molecular weight excluding hydrogens is 408 g/mol. The van der Waals surface area contributed by atoms with Crippen molar-refractivity contribution in [1.82, 2.24) is 0 Å². The molecule has 0 spiro atoms. The summed E-state index contributed by atoms with van der Waals surface area (Å²) in [7, 11) is 0. The highest BCUT2D eigenvalue weighted by Crippen LogP contribution is 2.25. The van der Waals surface area contributed by atoms with Gasteiger partial charge in [0.05, 0.1) is 0 Å². The summed E-state index contributed by atoms with van der Waals surface area (Å²) in [5.74, 6) is 0.0945. The Morgan fingerprint density at radius 3 is 2.58 bits per heavy atom. The van der Waals surface area contributed by atoms with Crippen LogP contribution in [-0.2, 0) is 11.4 Å². The summed E-state index contributed by atoms with van der Waals surface area (Å²) in [5, 5.41) is 12.9. The Kier molecular flexibility index (Phi) is 7.12. The summed E-state index contributed by atoms with van der Waals surface area (Å²) in [6.45, 7) is 6.33. The quantitative estimate of drug-likeness (QED) is 0.364. The topological polar surface area (TPSA) is 62.1 Å². The van der Waals surface area contributed by atoms with Crippen molar-refractivity contribution in [3.8, 4) is 11.8 Å². The van der Waals surface area contributed by atoms with E-state index < -0.39 is 5.91 Å². The number of halogens is 1. The molecule has 0 aliphatic heterocycles. The van der Waals surface area contributed by atoms with Crippen LogP contribution >= 0.6 is 11.6 Å². The number of benzene rings is 3. The van der Waals surface area contributed by atoms with Crippen LogP contribution in [0.3, 0.4) is 0 Å². The van der Waals surface area contributed by atoms with E-state index in [1.54, 1.807) is 18.2 Å². The van der Waals surface area contributed by atoms with Crippen molar-refractivity contribution < 1.29 is 9.53 Å². The normalized spacial score (nSPS) is 11.0. The summed E-state index contributed by atoms with van der Waals surface area (Å²) in [5.41, 5.74) is 5.42. The Bertz CT molecular complexity index is 1190. The van der Waals surface area contributed by atoms with Crippen LogP contribution in [-0.4, -0.2) is 5.91 Å². The second-order valence-corrected chi connectivity index (χ2v) is 7.69. The lowest BCUT2D eigenvalue weighted by molar-refractivity contribution is -0.112. The fourth-order valence-corrected chi connectivity index (χ4v) is 3.20. The molecule has 0 bridgehead atoms. The molecule has 3 aromatic carbocycles. The Hall–Kier alpha value is -3.55. The molecule has 0 atom stereocenters. The molecule has 0 aromatic heterocycles. The van der Waals surface area contributed by atoms with E-state index in [1.807, 2.05) is 43.3 Å². The third-order valence-corrected chi connectivity index (χ3v) is 5.47. The van der Waals surface area contributed by atoms with Crippen LogP contribution in [0, 0.1) is 32.1 Å². The maximum atomic E-state index is 12.7. The van der Waals surface area contributed by atoms with Gasteiger partial charge in [0.15, 0.2) is 0 Å². The molecular formula is C26H23ClN2O2. The molecule has 0 unspecified atom stereocenters. The highest BCUT2D eigenvalue weighted by Gasteiger charge is 2.13. The number of aryl methyl sites for hydroxylation is 2. The first-order chi connectivity index (χ1) is 14.9. The summed E-state index contributed by atoms with van der Waals surface area (Å²) in [6.07, 6.45) is 1.53. The van der Waals surface area contributed by atoms with Crippen molar-refractivity contribution in [2.45, 2.75) is 27.4 Å². The van der Waals surface area contributed by atoms with Gasteiger partial charge in [-0.2, -0.15) is 5.26 Å². The lowest BCUT2D eigenvalue weighted by Gasteiger charge is -2.11. The van der Waals surface area contributed by atoms with Crippen molar-refractivity contribution in [2.75, 3.05) is 5.32 Å². The first-order valence-electron chi connectivity index (χ1n) is 9.85. The molecule has 31 heavy (non-hydrogen) atoms. The zero-order valence-electron chi connectivity index (χ0n) is 17.7. The third kappa shape index (κ3) is 5.53. The first kappa shape index (κ1) is 22.1. The van der Waals surface area contributed by atoms with Crippen LogP contribution in [0.15, 0.2) is 66.2 Å². The van der Waals surface area contributed by atoms with Gasteiger partial charge in [-0.25, -0.2) is 0 Å². The Labute approximate surface area is 187 Å². The zero-order chi connectivity index (χ0) is 22.4. The Morgan fingerprint density at radius 1 is 1.06 bits per heavy atom. The number of rotatable bonds is 6. The molecule has 5 heteroatoms. The fourth-order valence-electron chi connectivity index (χ4n) is 3.02. The lowest BCUT2D eigenvalue weighted by atomic mass is 10.1. The molecule has 0 aliphatic rings. The van der Waals surface area contributed by atoms with E-state index in [-0.39, 0.29) is 5.57 Å². The fraction of sp³-hybridized carbons (Fsp3) is 0.154. The Balaban J connectivity index is 1.81. The number of para-hydroxylation sites is 1. The van der Waals surface area contributed by atoms with Crippen LogP contribution in [0.5, 0.6) is 5.75 Å². The summed E-state index contributed by atoms with van der Waals surface area (Å²) in [4.78, 5) is 12.7. The van der Waals surface area contributed by atoms with Crippen LogP contribution < -0.4 is 10.1 Å². The van der Waals surface area contributed by atoms with Crippen molar-refractivity contribution in [3.63, 3.8) is 0 Å². The molecule has 0 fully saturated rings. The smallest absolute Gasteiger partial charge is 0.266 e. The Morgan fingerprint density at radius 2 is 1.84 bits per heavy atom. The summed E-state index contributed by atoms with van der Waals surface area (Å²) >= 11 is 6.12. The van der Waals surface area contributed by atoms with E-state index in [0.717, 1.165) is 11.1 Å². The summed E-state index contributed by atoms with van der Waals surface area (Å²) < 4.78 is 5.99. The van der Waals surface area contributed by atoms with Crippen LogP contribution in [0.2, 0.25) is 5.02 Å². The van der Waals surface area contributed by atoms with E-state index >= 15 is 0 Å². The highest BCUT2D eigenvalue weighted by atomic mass is 35.5. The van der Waals surface area contributed by atoms with Crippen molar-refractivity contribution in [2.24, 2.45) is 0 Å². The number of carbonyl (C=O) groups is 1. The maximum absolute atomic E-state index is 12.7. The number of ether oxygens (including phenoxy) is 1. The number of anilines is 1. The largest absolute Gasteiger partial charge is 0.488 e. The predicted molar refractivity (Wildman–Crippen MR) is 125 cm³/mol. The van der Waals surface area contributed by atoms with Crippen molar-refractivity contribution in [1.29, 1.82) is 5.26 Å². The molecule has 156 valence electrons. The number of amides is 1. The molecule has 4 nitrogen and oxygen atoms in total. The predicted octanol–water partition coefficient (Wildman–Crippen LogP) is 6.39. The number of nitrogens with zero attached hydrogens (tertiary/aromatic N) is 1. The van der Waals surface area contributed by atoms with Gasteiger partial charge in [-0.05, 0) is 67.3 Å². The lowest BCUT2D eigenvalue weighted by Crippen LogP contribution is -2.14. The number of nitriles is 1. The molecule has 1 N–H and O–H groups in total. The third-order valence-electron chi connectivity index (χ3n) is 5.07. The van der Waals surface area contributed by atoms with Gasteiger partial charge in [-0.3, -0.25) is 4.79 Å². The average molecular weight is 431 g/mol. The minimum Gasteiger partial charge on any atom is -0.488 e. The highest BCUT2D eigenvalue weighted by molar-refractivity contribution is 6.31. The second-order valence-electron chi connectivity index (χ2n) is 7.28. The van der Waals surface area contributed by atoms with Gasteiger partial charge in [0.25, 0.3) is 5.91 Å². The molecule has 0 heterocycles. The van der Waals surface area contributed by atoms with Gasteiger partial charge in [0, 0.05) is 16.3 Å². The van der Waals surface area contributed by atoms with Crippen LogP contribution in [0.25, 0.3) is 6.08 Å². The standard InChI is InChI=1S/C26H23ClN2O2/c1-17-11-12-20(13-18(17)2)16-31-25-10-5-4-7-21(25)14-22(15-28)26(30)29-24-9-6-8-23(27)19(24)3/h4-14H,16H2,1-3H3,(H,29,30)/b22-14+. The maximum Gasteiger partial charge on any atom is 0.266 e. The first-order valence-corrected chi connectivity index (χ1v) is 10.2. The average Bonchev–Trinajstić information content (AvgIpc) is 2.76. The number of carbonyl (C=O) groups excluding carboxylic acids is 1. The number of hydrogen-bond donors (Lipinski definition) is 1. The second kappa shape index (κ2) is 9.97. The molecule has 0 saturated heterocycles. The monoisotopic (exact) mass is 430 g/mol. The van der Waals surface area contributed by atoms with E-state index in [1.165, 1.54) is 17.2 Å². The van der Waals surface area contributed by atoms with Crippen molar-refractivity contribution in [3.05, 3.63) is 99.1 Å². The zero-order valence-corrected chi connectivity index (χ0v) is 18.5. The van der Waals surface area contributed by atoms with Crippen molar-refractivity contribution >= 4 is 29.3 Å². The minimum atomic E-state index is -0.503. The van der Waals surface area contributed by atoms with Gasteiger partial charge in [0.2, 0.25) is 0 Å². The van der Waals surface area contributed by atoms with E-state index in [9.17, 15) is 10.1 Å². The molecule has 1 amide bonds. The van der Waals surface area contributed by atoms with Gasteiger partial charge in [-0.1, -0.05) is 54.1 Å². The molecule has 0 aliphatic carbocycles. The van der Waals surface area contributed by atoms with Crippen LogP contribution in [0.4, 0.5) is 5.69 Å². The summed E-state index contributed by atoms with van der Waals surface area (Å²) in [6, 6.07) is 20.7. The number of nitrogens with one attached hydrogen (secondary N) is 1. The van der Waals surface area contributed by atoms with Gasteiger partial charge >= 0.3 is 0 Å². The molecule has 3 aromatic rings. The van der Waals surface area contributed by atoms with Gasteiger partial charge < -0.3 is 10.1 Å². The number of hydrogen-bond acceptors (Lipinski definition) is 3. The van der Waals surface area contributed by atoms with E-state index in [4.69, 9.17) is 16.3 Å². The van der Waals surface area contributed by atoms with Gasteiger partial charge in [0.1, 0.15) is 24.0 Å². The van der Waals surface area contributed by atoms with Crippen LogP contribution in [0.1, 0.15) is 27.8 Å². The minimum absolute atomic E-state index is 0.0263. The van der Waals surface area contributed by atoms with E-state index in [0.29, 0.717) is 28.6 Å². The SMILES string of the molecule is Cc1ccc(COc2ccccc2/C=C(\C#N)C(=O)Nc2cccc(Cl)c2C)cc1C. The van der Waals surface area contributed by atoms with E-state index in [2.05, 4.69) is 31.3 Å². The molecule has 0 radical (unpaired) electrons. The molecule has 3 rings (SSSR count). The molecule has 0 saturated carbocycles. The van der Waals surface area contributed by atoms with Gasteiger partial charge in [-0.15, -0.1) is 0 Å².